The molecule has 0 aromatic rings. The van der Waals surface area contributed by atoms with Gasteiger partial charge in [-0.15, -0.1) is 0 Å². The van der Waals surface area contributed by atoms with Crippen LogP contribution in [0.15, 0.2) is 38.0 Å². The Morgan fingerprint density at radius 3 is 1.89 bits per heavy atom. The minimum atomic E-state index is -0.359. The summed E-state index contributed by atoms with van der Waals surface area (Å²) in [6.45, 7) is 13.9. The zero-order valence-corrected chi connectivity index (χ0v) is 16.9. The number of aliphatic hydroxyl groups excluding tert-OH is 2. The number of hydrogen-bond acceptors (Lipinski definition) is 5. The molecule has 1 aliphatic rings. The second-order valence-corrected chi connectivity index (χ2v) is 5.88. The van der Waals surface area contributed by atoms with Crippen LogP contribution in [0.2, 0.25) is 0 Å². The van der Waals surface area contributed by atoms with Crippen molar-refractivity contribution in [3.63, 3.8) is 0 Å². The van der Waals surface area contributed by atoms with Gasteiger partial charge in [-0.3, -0.25) is 14.4 Å². The van der Waals surface area contributed by atoms with Gasteiger partial charge in [-0.05, 0) is 37.0 Å². The molecule has 0 unspecified atom stereocenters. The first-order valence-corrected chi connectivity index (χ1v) is 9.33. The highest BCUT2D eigenvalue weighted by atomic mass is 16.3. The smallest absolute Gasteiger partial charge is 0.245 e. The Hall–Kier alpha value is -2.45. The zero-order chi connectivity index (χ0) is 21.8. The van der Waals surface area contributed by atoms with E-state index in [1.807, 2.05) is 4.90 Å². The van der Waals surface area contributed by atoms with Crippen molar-refractivity contribution < 1.29 is 24.6 Å². The Morgan fingerprint density at radius 2 is 1.54 bits per heavy atom. The Balaban J connectivity index is 0. The molecular weight excluding hydrogens is 362 g/mol. The average molecular weight is 398 g/mol. The van der Waals surface area contributed by atoms with Crippen LogP contribution in [0.5, 0.6) is 0 Å². The van der Waals surface area contributed by atoms with Crippen molar-refractivity contribution in [3.05, 3.63) is 38.0 Å². The fourth-order valence-corrected chi connectivity index (χ4v) is 2.38. The number of carbonyl (C=O) groups is 3. The third kappa shape index (κ3) is 15.8. The topological polar surface area (TPSA) is 119 Å². The van der Waals surface area contributed by atoms with Gasteiger partial charge in [-0.25, -0.2) is 0 Å². The van der Waals surface area contributed by atoms with E-state index in [9.17, 15) is 14.4 Å². The first-order chi connectivity index (χ1) is 13.4. The van der Waals surface area contributed by atoms with Gasteiger partial charge in [0.05, 0.1) is 6.61 Å². The van der Waals surface area contributed by atoms with Crippen LogP contribution >= 0.6 is 0 Å². The molecule has 1 heterocycles. The van der Waals surface area contributed by atoms with E-state index in [0.29, 0.717) is 6.54 Å². The summed E-state index contributed by atoms with van der Waals surface area (Å²) in [7, 11) is 0. The lowest BCUT2D eigenvalue weighted by molar-refractivity contribution is -0.127. The van der Waals surface area contributed by atoms with E-state index in [-0.39, 0.29) is 31.1 Å². The summed E-state index contributed by atoms with van der Waals surface area (Å²) in [4.78, 5) is 33.4. The van der Waals surface area contributed by atoms with Gasteiger partial charge in [0.15, 0.2) is 0 Å². The van der Waals surface area contributed by atoms with Gasteiger partial charge in [-0.1, -0.05) is 39.5 Å². The SMILES string of the molecule is C=CC(=O)N1CCC(CCC)CC1.C=CC(=O)NCCO.C=CC(=O)NCO. The zero-order valence-electron chi connectivity index (χ0n) is 16.9. The molecule has 0 aromatic carbocycles. The molecule has 0 spiro atoms. The molecule has 0 radical (unpaired) electrons. The van der Waals surface area contributed by atoms with E-state index in [2.05, 4.69) is 37.3 Å². The van der Waals surface area contributed by atoms with Crippen LogP contribution in [-0.4, -0.2) is 65.8 Å². The lowest BCUT2D eigenvalue weighted by Gasteiger charge is -2.31. The molecule has 4 N–H and O–H groups in total. The predicted molar refractivity (Wildman–Crippen MR) is 110 cm³/mol. The summed E-state index contributed by atoms with van der Waals surface area (Å²) >= 11 is 0. The summed E-state index contributed by atoms with van der Waals surface area (Å²) in [5.74, 6) is 0.329. The Bertz CT molecular complexity index is 486. The monoisotopic (exact) mass is 397 g/mol. The van der Waals surface area contributed by atoms with E-state index in [0.717, 1.165) is 31.2 Å². The van der Waals surface area contributed by atoms with Crippen molar-refractivity contribution in [2.45, 2.75) is 32.6 Å². The number of nitrogens with one attached hydrogen (secondary N) is 2. The van der Waals surface area contributed by atoms with Gasteiger partial charge in [-0.2, -0.15) is 0 Å². The van der Waals surface area contributed by atoms with E-state index in [4.69, 9.17) is 10.2 Å². The fourth-order valence-electron chi connectivity index (χ4n) is 2.38. The molecule has 3 amide bonds. The van der Waals surface area contributed by atoms with Gasteiger partial charge < -0.3 is 25.7 Å². The molecule has 1 rings (SSSR count). The van der Waals surface area contributed by atoms with Gasteiger partial charge in [0.25, 0.3) is 0 Å². The van der Waals surface area contributed by atoms with Gasteiger partial charge in [0.1, 0.15) is 6.73 Å². The van der Waals surface area contributed by atoms with Gasteiger partial charge in [0, 0.05) is 19.6 Å². The van der Waals surface area contributed by atoms with Crippen LogP contribution in [0.25, 0.3) is 0 Å². The van der Waals surface area contributed by atoms with Crippen molar-refractivity contribution in [1.82, 2.24) is 15.5 Å². The molecule has 28 heavy (non-hydrogen) atoms. The van der Waals surface area contributed by atoms with Crippen molar-refractivity contribution in [2.75, 3.05) is 33.0 Å². The summed E-state index contributed by atoms with van der Waals surface area (Å²) in [6, 6.07) is 0. The standard InChI is InChI=1S/C11H19NO.C5H9NO2.C4H7NO2/c1-3-5-10-6-8-12(9-7-10)11(13)4-2;1-2-5(8)6-3-4-7;1-2-4(7)5-3-6/h4,10H,2-3,5-9H2,1H3;2,7H,1,3-4H2,(H,6,8);2,6H,1,3H2,(H,5,7). The van der Waals surface area contributed by atoms with Crippen LogP contribution in [0, 0.1) is 5.92 Å². The van der Waals surface area contributed by atoms with E-state index < -0.39 is 0 Å². The molecule has 0 saturated carbocycles. The number of likely N-dealkylation sites (tertiary alicyclic amines) is 1. The van der Waals surface area contributed by atoms with Crippen LogP contribution in [0.4, 0.5) is 0 Å². The molecular formula is C20H35N3O5. The third-order valence-electron chi connectivity index (χ3n) is 3.83. The first kappa shape index (κ1) is 27.8. The van der Waals surface area contributed by atoms with Crippen molar-refractivity contribution in [3.8, 4) is 0 Å². The maximum Gasteiger partial charge on any atom is 0.245 e. The minimum Gasteiger partial charge on any atom is -0.395 e. The molecule has 1 fully saturated rings. The number of nitrogens with zero attached hydrogens (tertiary/aromatic N) is 1. The normalized spacial score (nSPS) is 12.9. The summed E-state index contributed by atoms with van der Waals surface area (Å²) in [6.07, 6.45) is 8.60. The lowest BCUT2D eigenvalue weighted by Crippen LogP contribution is -2.37. The predicted octanol–water partition coefficient (Wildman–Crippen LogP) is 0.730. The number of carbonyl (C=O) groups excluding carboxylic acids is 3. The van der Waals surface area contributed by atoms with Crippen molar-refractivity contribution >= 4 is 17.7 Å². The molecule has 1 saturated heterocycles. The summed E-state index contributed by atoms with van der Waals surface area (Å²) in [5, 5.41) is 20.6. The first-order valence-electron chi connectivity index (χ1n) is 9.33. The van der Waals surface area contributed by atoms with Crippen LogP contribution in [0.3, 0.4) is 0 Å². The highest BCUT2D eigenvalue weighted by molar-refractivity contribution is 5.87. The number of rotatable bonds is 8. The van der Waals surface area contributed by atoms with Crippen LogP contribution < -0.4 is 10.6 Å². The average Bonchev–Trinajstić information content (AvgIpc) is 2.73. The van der Waals surface area contributed by atoms with Crippen LogP contribution in [0.1, 0.15) is 32.6 Å². The second kappa shape index (κ2) is 19.3. The molecule has 1 aliphatic heterocycles. The van der Waals surface area contributed by atoms with E-state index >= 15 is 0 Å². The molecule has 160 valence electrons. The number of amides is 3. The third-order valence-corrected chi connectivity index (χ3v) is 3.83. The summed E-state index contributed by atoms with van der Waals surface area (Å²) < 4.78 is 0. The van der Waals surface area contributed by atoms with Crippen LogP contribution in [-0.2, 0) is 14.4 Å². The maximum atomic E-state index is 11.2. The minimum absolute atomic E-state index is 0.0282. The molecule has 0 aromatic heterocycles. The largest absolute Gasteiger partial charge is 0.395 e. The van der Waals surface area contributed by atoms with Crippen molar-refractivity contribution in [2.24, 2.45) is 5.92 Å². The number of piperidine rings is 1. The summed E-state index contributed by atoms with van der Waals surface area (Å²) in [5.41, 5.74) is 0. The molecule has 8 nitrogen and oxygen atoms in total. The highest BCUT2D eigenvalue weighted by Crippen LogP contribution is 2.21. The molecule has 0 atom stereocenters. The fraction of sp³-hybridized carbons (Fsp3) is 0.550. The number of aliphatic hydroxyl groups is 2. The van der Waals surface area contributed by atoms with E-state index in [1.54, 1.807) is 0 Å². The Kier molecular flexibility index (Phi) is 19.2. The van der Waals surface area contributed by atoms with Gasteiger partial charge in [0.2, 0.25) is 17.7 Å². The molecule has 0 bridgehead atoms. The second-order valence-electron chi connectivity index (χ2n) is 5.88. The van der Waals surface area contributed by atoms with E-state index in [1.165, 1.54) is 31.8 Å². The lowest BCUT2D eigenvalue weighted by atomic mass is 9.92. The highest BCUT2D eigenvalue weighted by Gasteiger charge is 2.20. The molecule has 8 heteroatoms. The maximum absolute atomic E-state index is 11.2. The molecule has 0 aliphatic carbocycles. The quantitative estimate of drug-likeness (QED) is 0.356. The van der Waals surface area contributed by atoms with Gasteiger partial charge >= 0.3 is 0 Å². The Labute approximate surface area is 168 Å². The number of hydrogen-bond donors (Lipinski definition) is 4. The van der Waals surface area contributed by atoms with Crippen molar-refractivity contribution in [1.29, 1.82) is 0 Å². The Morgan fingerprint density at radius 1 is 1.00 bits per heavy atom.